The number of fused-ring (bicyclic) bond motifs is 1. The monoisotopic (exact) mass is 421 g/mol. The molecule has 3 aromatic rings. The largest absolute Gasteiger partial charge is 0.361 e. The van der Waals surface area contributed by atoms with Gasteiger partial charge < -0.3 is 15.5 Å². The molecule has 0 saturated heterocycles. The summed E-state index contributed by atoms with van der Waals surface area (Å²) in [5.74, 6) is -0.0320. The molecule has 2 amide bonds. The van der Waals surface area contributed by atoms with Gasteiger partial charge in [0.15, 0.2) is 5.82 Å². The van der Waals surface area contributed by atoms with Crippen molar-refractivity contribution in [3.63, 3.8) is 0 Å². The highest BCUT2D eigenvalue weighted by atomic mass is 35.5. The number of halogens is 1. The van der Waals surface area contributed by atoms with Gasteiger partial charge in [0, 0.05) is 23.3 Å². The number of hydrogen-bond acceptors (Lipinski definition) is 5. The molecule has 1 aromatic heterocycles. The van der Waals surface area contributed by atoms with Crippen LogP contribution in [0.5, 0.6) is 0 Å². The highest BCUT2D eigenvalue weighted by Gasteiger charge is 2.24. The van der Waals surface area contributed by atoms with E-state index in [-0.39, 0.29) is 24.3 Å². The van der Waals surface area contributed by atoms with E-state index in [1.54, 1.807) is 12.1 Å². The first kappa shape index (κ1) is 19.8. The van der Waals surface area contributed by atoms with Gasteiger partial charge in [-0.2, -0.15) is 0 Å². The smallest absolute Gasteiger partial charge is 0.245 e. The molecule has 0 unspecified atom stereocenters. The van der Waals surface area contributed by atoms with Crippen LogP contribution in [-0.4, -0.2) is 35.4 Å². The fourth-order valence-corrected chi connectivity index (χ4v) is 3.50. The molecule has 2 aromatic carbocycles. The van der Waals surface area contributed by atoms with Crippen LogP contribution in [0.1, 0.15) is 18.4 Å². The van der Waals surface area contributed by atoms with Crippen molar-refractivity contribution < 1.29 is 9.59 Å². The first-order valence-corrected chi connectivity index (χ1v) is 9.83. The molecule has 0 bridgehead atoms. The van der Waals surface area contributed by atoms with Gasteiger partial charge in [0.25, 0.3) is 0 Å². The minimum atomic E-state index is -0.312. The van der Waals surface area contributed by atoms with Gasteiger partial charge in [-0.05, 0) is 36.8 Å². The number of amides is 2. The van der Waals surface area contributed by atoms with Crippen molar-refractivity contribution in [1.29, 1.82) is 0 Å². The fraction of sp³-hybridized carbons (Fsp3) is 0.182. The number of nitrogens with one attached hydrogen (secondary N) is 2. The van der Waals surface area contributed by atoms with E-state index in [1.807, 2.05) is 55.3 Å². The van der Waals surface area contributed by atoms with Crippen LogP contribution >= 0.6 is 11.6 Å². The Hall–Kier alpha value is -3.45. The van der Waals surface area contributed by atoms with E-state index in [0.29, 0.717) is 16.5 Å². The van der Waals surface area contributed by atoms with Crippen molar-refractivity contribution in [3.8, 4) is 11.3 Å². The average Bonchev–Trinajstić information content (AvgIpc) is 2.73. The second-order valence-corrected chi connectivity index (χ2v) is 7.60. The van der Waals surface area contributed by atoms with Crippen LogP contribution < -0.4 is 15.5 Å². The van der Waals surface area contributed by atoms with Gasteiger partial charge in [-0.3, -0.25) is 9.59 Å². The third-order valence-electron chi connectivity index (χ3n) is 5.03. The van der Waals surface area contributed by atoms with Gasteiger partial charge in [-0.1, -0.05) is 35.9 Å². The molecular formula is C22H20ClN5O2. The summed E-state index contributed by atoms with van der Waals surface area (Å²) < 4.78 is 0. The lowest BCUT2D eigenvalue weighted by Crippen LogP contribution is -2.36. The Morgan fingerprint density at radius 3 is 2.53 bits per heavy atom. The summed E-state index contributed by atoms with van der Waals surface area (Å²) in [5.41, 5.74) is 3.93. The predicted molar refractivity (Wildman–Crippen MR) is 118 cm³/mol. The summed E-state index contributed by atoms with van der Waals surface area (Å²) in [6.45, 7) is 2.09. The van der Waals surface area contributed by atoms with Crippen LogP contribution in [0.3, 0.4) is 0 Å². The molecule has 2 N–H and O–H groups in total. The molecule has 0 saturated carbocycles. The van der Waals surface area contributed by atoms with Gasteiger partial charge in [-0.15, -0.1) is 0 Å². The Kier molecular flexibility index (Phi) is 5.37. The Labute approximate surface area is 179 Å². The van der Waals surface area contributed by atoms with Crippen LogP contribution in [0.15, 0.2) is 54.9 Å². The maximum atomic E-state index is 12.6. The summed E-state index contributed by atoms with van der Waals surface area (Å²) in [4.78, 5) is 34.7. The summed E-state index contributed by atoms with van der Waals surface area (Å²) in [6.07, 6.45) is 1.43. The number of anilines is 3. The highest BCUT2D eigenvalue weighted by molar-refractivity contribution is 6.30. The minimum absolute atomic E-state index is 0.105. The topological polar surface area (TPSA) is 87.2 Å². The van der Waals surface area contributed by atoms with E-state index in [1.165, 1.54) is 6.33 Å². The quantitative estimate of drug-likeness (QED) is 0.666. The van der Waals surface area contributed by atoms with Gasteiger partial charge in [0.05, 0.1) is 18.2 Å². The third-order valence-corrected chi connectivity index (χ3v) is 5.28. The molecule has 30 heavy (non-hydrogen) atoms. The number of carbonyl (C=O) groups excluding carboxylic acids is 2. The SMILES string of the molecule is C[C@H](C(=O)Nc1ccc(-c2ncnc3c2N(C)CC(=O)N3)cc1)c1ccc(Cl)cc1. The third kappa shape index (κ3) is 3.97. The highest BCUT2D eigenvalue weighted by Crippen LogP contribution is 2.35. The fourth-order valence-electron chi connectivity index (χ4n) is 3.37. The van der Waals surface area contributed by atoms with Crippen molar-refractivity contribution in [2.24, 2.45) is 0 Å². The van der Waals surface area contributed by atoms with Crippen LogP contribution in [0.2, 0.25) is 5.02 Å². The second kappa shape index (κ2) is 8.12. The molecular weight excluding hydrogens is 402 g/mol. The Bertz CT molecular complexity index is 1100. The summed E-state index contributed by atoms with van der Waals surface area (Å²) in [5, 5.41) is 6.35. The van der Waals surface area contributed by atoms with E-state index in [9.17, 15) is 9.59 Å². The Morgan fingerprint density at radius 2 is 1.83 bits per heavy atom. The summed E-state index contributed by atoms with van der Waals surface area (Å²) in [6, 6.07) is 14.7. The molecule has 0 fully saturated rings. The molecule has 2 heterocycles. The average molecular weight is 422 g/mol. The number of hydrogen-bond donors (Lipinski definition) is 2. The van der Waals surface area contributed by atoms with E-state index < -0.39 is 0 Å². The van der Waals surface area contributed by atoms with Crippen LogP contribution in [0.4, 0.5) is 17.2 Å². The molecule has 152 valence electrons. The van der Waals surface area contributed by atoms with Crippen molar-refractivity contribution in [2.75, 3.05) is 29.1 Å². The number of carbonyl (C=O) groups is 2. The molecule has 0 radical (unpaired) electrons. The van der Waals surface area contributed by atoms with Crippen LogP contribution in [0.25, 0.3) is 11.3 Å². The molecule has 1 aliphatic rings. The molecule has 0 spiro atoms. The van der Waals surface area contributed by atoms with Crippen molar-refractivity contribution in [2.45, 2.75) is 12.8 Å². The first-order chi connectivity index (χ1) is 14.4. The normalized spacial score (nSPS) is 14.0. The maximum Gasteiger partial charge on any atom is 0.245 e. The zero-order chi connectivity index (χ0) is 21.3. The van der Waals surface area contributed by atoms with Crippen LogP contribution in [0, 0.1) is 0 Å². The number of benzene rings is 2. The standard InChI is InChI=1S/C22H20ClN5O2/c1-13(14-3-7-16(23)8-4-14)22(30)26-17-9-5-15(6-10-17)19-20-21(25-12-24-19)27-18(29)11-28(20)2/h3-10,12-13H,11H2,1-2H3,(H,26,30)(H,24,25,27,29)/t13-/m0/s1. The number of rotatable bonds is 4. The number of aromatic nitrogens is 2. The van der Waals surface area contributed by atoms with E-state index >= 15 is 0 Å². The van der Waals surface area contributed by atoms with Gasteiger partial charge in [0.2, 0.25) is 11.8 Å². The zero-order valence-electron chi connectivity index (χ0n) is 16.5. The van der Waals surface area contributed by atoms with Gasteiger partial charge in [-0.25, -0.2) is 9.97 Å². The Morgan fingerprint density at radius 1 is 1.13 bits per heavy atom. The van der Waals surface area contributed by atoms with E-state index in [2.05, 4.69) is 20.6 Å². The molecule has 4 rings (SSSR count). The molecule has 8 heteroatoms. The van der Waals surface area contributed by atoms with Crippen molar-refractivity contribution >= 4 is 40.6 Å². The molecule has 0 aliphatic carbocycles. The minimum Gasteiger partial charge on any atom is -0.361 e. The molecule has 1 atom stereocenters. The predicted octanol–water partition coefficient (Wildman–Crippen LogP) is 3.93. The first-order valence-electron chi connectivity index (χ1n) is 9.45. The van der Waals surface area contributed by atoms with Crippen molar-refractivity contribution in [1.82, 2.24) is 9.97 Å². The maximum absolute atomic E-state index is 12.6. The summed E-state index contributed by atoms with van der Waals surface area (Å²) in [7, 11) is 1.83. The van der Waals surface area contributed by atoms with E-state index in [4.69, 9.17) is 11.6 Å². The Balaban J connectivity index is 1.53. The number of nitrogens with zero attached hydrogens (tertiary/aromatic N) is 3. The van der Waals surface area contributed by atoms with Gasteiger partial charge in [0.1, 0.15) is 12.0 Å². The second-order valence-electron chi connectivity index (χ2n) is 7.16. The lowest BCUT2D eigenvalue weighted by atomic mass is 10.0. The number of likely N-dealkylation sites (N-methyl/N-ethyl adjacent to an activating group) is 1. The van der Waals surface area contributed by atoms with E-state index in [0.717, 1.165) is 22.5 Å². The molecule has 1 aliphatic heterocycles. The van der Waals surface area contributed by atoms with Crippen LogP contribution in [-0.2, 0) is 9.59 Å². The van der Waals surface area contributed by atoms with Crippen molar-refractivity contribution in [3.05, 3.63) is 65.4 Å². The van der Waals surface area contributed by atoms with Gasteiger partial charge >= 0.3 is 0 Å². The zero-order valence-corrected chi connectivity index (χ0v) is 17.3. The lowest BCUT2D eigenvalue weighted by molar-refractivity contribution is -0.117. The summed E-state index contributed by atoms with van der Waals surface area (Å²) >= 11 is 5.92. The lowest BCUT2D eigenvalue weighted by Gasteiger charge is -2.27. The molecule has 7 nitrogen and oxygen atoms in total.